The summed E-state index contributed by atoms with van der Waals surface area (Å²) in [6.45, 7) is 1.05. The van der Waals surface area contributed by atoms with Crippen molar-refractivity contribution in [1.82, 2.24) is 9.62 Å². The lowest BCUT2D eigenvalue weighted by atomic mass is 10.1. The molecule has 1 amide bonds. The van der Waals surface area contributed by atoms with Gasteiger partial charge in [-0.1, -0.05) is 18.2 Å². The van der Waals surface area contributed by atoms with Gasteiger partial charge in [-0.25, -0.2) is 16.8 Å². The third kappa shape index (κ3) is 5.76. The molecule has 0 saturated carbocycles. The summed E-state index contributed by atoms with van der Waals surface area (Å²) in [5, 5.41) is 2.69. The average molecular weight is 484 g/mol. The molecule has 0 radical (unpaired) electrons. The molecule has 2 aromatic carbocycles. The van der Waals surface area contributed by atoms with E-state index in [0.717, 1.165) is 6.26 Å². The van der Waals surface area contributed by atoms with E-state index in [4.69, 9.17) is 9.47 Å². The van der Waals surface area contributed by atoms with Gasteiger partial charge in [-0.15, -0.1) is 0 Å². The van der Waals surface area contributed by atoms with E-state index < -0.39 is 26.0 Å². The van der Waals surface area contributed by atoms with Gasteiger partial charge in [0, 0.05) is 25.2 Å². The number of anilines is 1. The molecule has 12 heteroatoms. The van der Waals surface area contributed by atoms with Crippen LogP contribution in [0.2, 0.25) is 0 Å². The molecule has 2 N–H and O–H groups in total. The molecule has 1 heterocycles. The minimum Gasteiger partial charge on any atom is -0.495 e. The van der Waals surface area contributed by atoms with Gasteiger partial charge < -0.3 is 14.8 Å². The first-order valence-corrected chi connectivity index (χ1v) is 13.0. The molecule has 0 unspecified atom stereocenters. The molecule has 174 valence electrons. The van der Waals surface area contributed by atoms with Crippen molar-refractivity contribution in [1.29, 1.82) is 0 Å². The van der Waals surface area contributed by atoms with Crippen LogP contribution in [0, 0.1) is 0 Å². The fourth-order valence-corrected chi connectivity index (χ4v) is 5.38. The number of nitrogens with zero attached hydrogens (tertiary/aromatic N) is 1. The monoisotopic (exact) mass is 483 g/mol. The molecule has 0 bridgehead atoms. The zero-order valence-corrected chi connectivity index (χ0v) is 19.3. The molecule has 10 nitrogen and oxygen atoms in total. The predicted molar refractivity (Wildman–Crippen MR) is 119 cm³/mol. The number of hydrogen-bond acceptors (Lipinski definition) is 7. The van der Waals surface area contributed by atoms with Crippen molar-refractivity contribution in [2.24, 2.45) is 0 Å². The average Bonchev–Trinajstić information content (AvgIpc) is 2.77. The van der Waals surface area contributed by atoms with Crippen LogP contribution in [0.1, 0.15) is 15.9 Å². The number of morpholine rings is 1. The van der Waals surface area contributed by atoms with Gasteiger partial charge in [-0.05, 0) is 29.8 Å². The molecule has 0 atom stereocenters. The van der Waals surface area contributed by atoms with Crippen molar-refractivity contribution < 1.29 is 31.1 Å². The van der Waals surface area contributed by atoms with Crippen molar-refractivity contribution >= 4 is 31.6 Å². The largest absolute Gasteiger partial charge is 0.495 e. The minimum absolute atomic E-state index is 0.0368. The molecule has 0 aromatic heterocycles. The normalized spacial score (nSPS) is 15.2. The molecular formula is C20H25N3O7S2. The first-order chi connectivity index (χ1) is 15.1. The van der Waals surface area contributed by atoms with E-state index in [-0.39, 0.29) is 35.8 Å². The van der Waals surface area contributed by atoms with Crippen LogP contribution in [-0.4, -0.2) is 66.7 Å². The van der Waals surface area contributed by atoms with Gasteiger partial charge in [-0.3, -0.25) is 9.52 Å². The first-order valence-electron chi connectivity index (χ1n) is 9.71. The highest BCUT2D eigenvalue weighted by atomic mass is 32.2. The number of sulfonamides is 2. The highest BCUT2D eigenvalue weighted by Gasteiger charge is 2.30. The Kier molecular flexibility index (Phi) is 7.39. The van der Waals surface area contributed by atoms with Gasteiger partial charge in [0.05, 0.1) is 32.3 Å². The summed E-state index contributed by atoms with van der Waals surface area (Å²) in [5.74, 6) is -0.379. The predicted octanol–water partition coefficient (Wildman–Crippen LogP) is 1.02. The van der Waals surface area contributed by atoms with Gasteiger partial charge >= 0.3 is 0 Å². The number of amides is 1. The van der Waals surface area contributed by atoms with E-state index in [0.29, 0.717) is 24.5 Å². The maximum Gasteiger partial charge on any atom is 0.251 e. The zero-order chi connectivity index (χ0) is 23.4. The molecule has 0 spiro atoms. The van der Waals surface area contributed by atoms with Crippen LogP contribution in [-0.2, 0) is 31.3 Å². The summed E-state index contributed by atoms with van der Waals surface area (Å²) >= 11 is 0. The quantitative estimate of drug-likeness (QED) is 0.573. The van der Waals surface area contributed by atoms with Crippen molar-refractivity contribution in [3.8, 4) is 5.75 Å². The number of carbonyl (C=O) groups excluding carboxylic acids is 1. The molecule has 2 aromatic rings. The maximum absolute atomic E-state index is 13.1. The second-order valence-electron chi connectivity index (χ2n) is 7.10. The van der Waals surface area contributed by atoms with Crippen LogP contribution in [0.15, 0.2) is 47.4 Å². The fraction of sp³-hybridized carbons (Fsp3) is 0.350. The zero-order valence-electron chi connectivity index (χ0n) is 17.7. The number of carbonyl (C=O) groups is 1. The smallest absolute Gasteiger partial charge is 0.251 e. The van der Waals surface area contributed by atoms with E-state index in [1.54, 1.807) is 24.3 Å². The molecular weight excluding hydrogens is 458 g/mol. The number of nitrogens with one attached hydrogen (secondary N) is 2. The molecule has 1 aliphatic rings. The van der Waals surface area contributed by atoms with Gasteiger partial charge in [0.25, 0.3) is 5.91 Å². The Morgan fingerprint density at radius 3 is 2.44 bits per heavy atom. The highest BCUT2D eigenvalue weighted by Crippen LogP contribution is 2.28. The number of para-hydroxylation sites is 1. The van der Waals surface area contributed by atoms with E-state index >= 15 is 0 Å². The summed E-state index contributed by atoms with van der Waals surface area (Å²) in [5.41, 5.74) is 1.03. The second-order valence-corrected chi connectivity index (χ2v) is 10.8. The second kappa shape index (κ2) is 9.86. The Morgan fingerprint density at radius 1 is 1.09 bits per heavy atom. The number of ether oxygens (including phenoxy) is 2. The third-order valence-corrected chi connectivity index (χ3v) is 7.28. The third-order valence-electron chi connectivity index (χ3n) is 4.77. The van der Waals surface area contributed by atoms with E-state index in [1.165, 1.54) is 29.6 Å². The molecule has 1 saturated heterocycles. The van der Waals surface area contributed by atoms with E-state index in [9.17, 15) is 21.6 Å². The van der Waals surface area contributed by atoms with E-state index in [1.807, 2.05) is 0 Å². The summed E-state index contributed by atoms with van der Waals surface area (Å²) in [6, 6.07) is 10.8. The summed E-state index contributed by atoms with van der Waals surface area (Å²) in [7, 11) is -6.01. The Balaban J connectivity index is 1.82. The van der Waals surface area contributed by atoms with Crippen LogP contribution in [0.4, 0.5) is 5.69 Å². The van der Waals surface area contributed by atoms with Crippen LogP contribution in [0.3, 0.4) is 0 Å². The first kappa shape index (κ1) is 24.0. The van der Waals surface area contributed by atoms with Crippen LogP contribution >= 0.6 is 0 Å². The van der Waals surface area contributed by atoms with Gasteiger partial charge in [-0.2, -0.15) is 4.31 Å². The lowest BCUT2D eigenvalue weighted by Gasteiger charge is -2.26. The van der Waals surface area contributed by atoms with Crippen molar-refractivity contribution in [3.05, 3.63) is 53.6 Å². The van der Waals surface area contributed by atoms with Crippen molar-refractivity contribution in [2.45, 2.75) is 11.4 Å². The fourth-order valence-electron chi connectivity index (χ4n) is 3.20. The topological polar surface area (TPSA) is 131 Å². The Labute approximate surface area is 187 Å². The van der Waals surface area contributed by atoms with Gasteiger partial charge in [0.1, 0.15) is 10.6 Å². The Bertz CT molecular complexity index is 1190. The summed E-state index contributed by atoms with van der Waals surface area (Å²) in [6.07, 6.45) is 1.04. The van der Waals surface area contributed by atoms with Crippen LogP contribution < -0.4 is 14.8 Å². The van der Waals surface area contributed by atoms with Crippen molar-refractivity contribution in [3.63, 3.8) is 0 Å². The SMILES string of the molecule is COc1ccc(C(=O)NCc2ccccc2NS(C)(=O)=O)cc1S(=O)(=O)N1CCOCC1. The number of hydrogen-bond donors (Lipinski definition) is 2. The molecule has 0 aliphatic carbocycles. The van der Waals surface area contributed by atoms with Crippen molar-refractivity contribution in [2.75, 3.05) is 44.4 Å². The molecule has 1 aliphatic heterocycles. The standard InChI is InChI=1S/C20H25N3O7S2/c1-29-18-8-7-15(13-19(18)32(27,28)23-9-11-30-12-10-23)20(24)21-14-16-5-3-4-6-17(16)22-31(2,25)26/h3-8,13,22H,9-12,14H2,1-2H3,(H,21,24). The summed E-state index contributed by atoms with van der Waals surface area (Å²) in [4.78, 5) is 12.6. The maximum atomic E-state index is 13.1. The molecule has 3 rings (SSSR count). The lowest BCUT2D eigenvalue weighted by molar-refractivity contribution is 0.0729. The molecule has 1 fully saturated rings. The van der Waals surface area contributed by atoms with Crippen LogP contribution in [0.25, 0.3) is 0 Å². The highest BCUT2D eigenvalue weighted by molar-refractivity contribution is 7.92. The molecule has 32 heavy (non-hydrogen) atoms. The van der Waals surface area contributed by atoms with Gasteiger partial charge in [0.15, 0.2) is 0 Å². The number of methoxy groups -OCH3 is 1. The minimum atomic E-state index is -3.88. The number of rotatable bonds is 8. The number of benzene rings is 2. The Hall–Kier alpha value is -2.67. The summed E-state index contributed by atoms with van der Waals surface area (Å²) < 4.78 is 63.4. The Morgan fingerprint density at radius 2 is 1.78 bits per heavy atom. The van der Waals surface area contributed by atoms with E-state index in [2.05, 4.69) is 10.0 Å². The lowest BCUT2D eigenvalue weighted by Crippen LogP contribution is -2.40. The van der Waals surface area contributed by atoms with Gasteiger partial charge in [0.2, 0.25) is 20.0 Å². The van der Waals surface area contributed by atoms with Crippen LogP contribution in [0.5, 0.6) is 5.75 Å².